The van der Waals surface area contributed by atoms with E-state index in [4.69, 9.17) is 11.6 Å². The van der Waals surface area contributed by atoms with Crippen LogP contribution in [0.5, 0.6) is 0 Å². The number of hydrogen-bond donors (Lipinski definition) is 1. The molecule has 4 nitrogen and oxygen atoms in total. The van der Waals surface area contributed by atoms with E-state index < -0.39 is 5.97 Å². The lowest BCUT2D eigenvalue weighted by atomic mass is 10.0. The Balaban J connectivity index is 2.56. The number of halogens is 1. The molecule has 0 atom stereocenters. The van der Waals surface area contributed by atoms with Crippen molar-refractivity contribution in [2.45, 2.75) is 26.8 Å². The lowest BCUT2D eigenvalue weighted by molar-refractivity contribution is 0.0697. The predicted molar refractivity (Wildman–Crippen MR) is 74.7 cm³/mol. The zero-order chi connectivity index (χ0) is 14.0. The monoisotopic (exact) mass is 278 g/mol. The highest BCUT2D eigenvalue weighted by Gasteiger charge is 2.16. The van der Waals surface area contributed by atoms with Crippen LogP contribution in [0.3, 0.4) is 0 Å². The number of nitrogens with zero attached hydrogens (tertiary/aromatic N) is 2. The summed E-state index contributed by atoms with van der Waals surface area (Å²) >= 11 is 5.86. The quantitative estimate of drug-likeness (QED) is 0.929. The molecule has 0 saturated carbocycles. The largest absolute Gasteiger partial charge is 0.478 e. The Kier molecular flexibility index (Phi) is 3.90. The van der Waals surface area contributed by atoms with Crippen LogP contribution in [0.25, 0.3) is 11.1 Å². The molecule has 0 fully saturated rings. The summed E-state index contributed by atoms with van der Waals surface area (Å²) in [6.45, 7) is 4.84. The third-order valence-corrected chi connectivity index (χ3v) is 3.28. The van der Waals surface area contributed by atoms with Crippen LogP contribution in [0.15, 0.2) is 24.4 Å². The van der Waals surface area contributed by atoms with E-state index in [0.717, 1.165) is 24.2 Å². The van der Waals surface area contributed by atoms with Gasteiger partial charge in [-0.3, -0.25) is 4.68 Å². The fourth-order valence-electron chi connectivity index (χ4n) is 2.08. The number of carboxylic acids is 1. The van der Waals surface area contributed by atoms with Gasteiger partial charge in [0, 0.05) is 22.8 Å². The topological polar surface area (TPSA) is 55.1 Å². The summed E-state index contributed by atoms with van der Waals surface area (Å²) in [5.41, 5.74) is 2.65. The second-order valence-corrected chi connectivity index (χ2v) is 4.80. The van der Waals surface area contributed by atoms with Crippen molar-refractivity contribution in [2.24, 2.45) is 0 Å². The Morgan fingerprint density at radius 2 is 2.16 bits per heavy atom. The second-order valence-electron chi connectivity index (χ2n) is 4.36. The molecule has 0 saturated heterocycles. The summed E-state index contributed by atoms with van der Waals surface area (Å²) in [5.74, 6) is -0.986. The Hall–Kier alpha value is -1.81. The molecule has 0 aliphatic rings. The Morgan fingerprint density at radius 1 is 1.42 bits per heavy atom. The van der Waals surface area contributed by atoms with E-state index in [9.17, 15) is 9.90 Å². The van der Waals surface area contributed by atoms with E-state index in [-0.39, 0.29) is 5.56 Å². The van der Waals surface area contributed by atoms with Crippen molar-refractivity contribution in [3.8, 4) is 11.1 Å². The number of rotatable bonds is 4. The van der Waals surface area contributed by atoms with Gasteiger partial charge in [0.2, 0.25) is 0 Å². The molecule has 2 aromatic rings. The van der Waals surface area contributed by atoms with Gasteiger partial charge in [-0.25, -0.2) is 4.79 Å². The summed E-state index contributed by atoms with van der Waals surface area (Å²) < 4.78 is 1.88. The number of carboxylic acid groups (broad SMARTS) is 1. The lowest BCUT2D eigenvalue weighted by Gasteiger charge is -2.07. The number of carbonyl (C=O) groups is 1. The van der Waals surface area contributed by atoms with Crippen molar-refractivity contribution in [3.63, 3.8) is 0 Å². The fourth-order valence-corrected chi connectivity index (χ4v) is 2.25. The first-order chi connectivity index (χ1) is 9.04. The number of benzene rings is 1. The van der Waals surface area contributed by atoms with Crippen molar-refractivity contribution in [3.05, 3.63) is 40.7 Å². The normalized spacial score (nSPS) is 10.7. The summed E-state index contributed by atoms with van der Waals surface area (Å²) in [6.07, 6.45) is 2.69. The van der Waals surface area contributed by atoms with Crippen LogP contribution in [-0.2, 0) is 6.54 Å². The summed E-state index contributed by atoms with van der Waals surface area (Å²) in [7, 11) is 0. The van der Waals surface area contributed by atoms with Gasteiger partial charge in [0.15, 0.2) is 0 Å². The third-order valence-electron chi connectivity index (χ3n) is 3.04. The maximum absolute atomic E-state index is 11.3. The standard InChI is InChI=1S/C14H15ClN2O2/c1-3-6-17-9(2)13(8-16-17)11-5-4-10(15)7-12(11)14(18)19/h4-5,7-8H,3,6H2,1-2H3,(H,18,19). The molecule has 1 heterocycles. The van der Waals surface area contributed by atoms with Gasteiger partial charge < -0.3 is 5.11 Å². The molecule has 1 aromatic heterocycles. The Bertz CT molecular complexity index is 620. The molecule has 0 amide bonds. The molecular weight excluding hydrogens is 264 g/mol. The molecule has 0 aliphatic heterocycles. The van der Waals surface area contributed by atoms with Crippen molar-refractivity contribution < 1.29 is 9.90 Å². The van der Waals surface area contributed by atoms with E-state index in [1.807, 2.05) is 11.6 Å². The van der Waals surface area contributed by atoms with Crippen molar-refractivity contribution >= 4 is 17.6 Å². The minimum atomic E-state index is -0.986. The molecule has 0 aliphatic carbocycles. The number of aryl methyl sites for hydroxylation is 1. The molecule has 19 heavy (non-hydrogen) atoms. The Morgan fingerprint density at radius 3 is 2.79 bits per heavy atom. The van der Waals surface area contributed by atoms with E-state index in [1.54, 1.807) is 18.3 Å². The average molecular weight is 279 g/mol. The van der Waals surface area contributed by atoms with Crippen molar-refractivity contribution in [1.29, 1.82) is 0 Å². The minimum Gasteiger partial charge on any atom is -0.478 e. The van der Waals surface area contributed by atoms with Gasteiger partial charge in [-0.2, -0.15) is 5.10 Å². The molecule has 0 bridgehead atoms. The van der Waals surface area contributed by atoms with Crippen LogP contribution in [0.4, 0.5) is 0 Å². The van der Waals surface area contributed by atoms with Crippen LogP contribution in [0.1, 0.15) is 29.4 Å². The van der Waals surface area contributed by atoms with Gasteiger partial charge >= 0.3 is 5.97 Å². The van der Waals surface area contributed by atoms with Gasteiger partial charge in [0.1, 0.15) is 0 Å². The van der Waals surface area contributed by atoms with Crippen LogP contribution in [0.2, 0.25) is 5.02 Å². The van der Waals surface area contributed by atoms with Crippen LogP contribution >= 0.6 is 11.6 Å². The maximum Gasteiger partial charge on any atom is 0.336 e. The number of aromatic nitrogens is 2. The van der Waals surface area contributed by atoms with Crippen molar-refractivity contribution in [2.75, 3.05) is 0 Å². The van der Waals surface area contributed by atoms with E-state index >= 15 is 0 Å². The summed E-state index contributed by atoms with van der Waals surface area (Å²) in [4.78, 5) is 11.3. The first-order valence-corrected chi connectivity index (χ1v) is 6.48. The van der Waals surface area contributed by atoms with Crippen LogP contribution < -0.4 is 0 Å². The molecule has 2 rings (SSSR count). The molecule has 1 aromatic carbocycles. The van der Waals surface area contributed by atoms with Gasteiger partial charge in [0.05, 0.1) is 11.8 Å². The zero-order valence-electron chi connectivity index (χ0n) is 10.9. The second kappa shape index (κ2) is 5.45. The SMILES string of the molecule is CCCn1ncc(-c2ccc(Cl)cc2C(=O)O)c1C. The summed E-state index contributed by atoms with van der Waals surface area (Å²) in [5, 5.41) is 14.0. The minimum absolute atomic E-state index is 0.201. The molecule has 100 valence electrons. The molecule has 0 spiro atoms. The summed E-state index contributed by atoms with van der Waals surface area (Å²) in [6, 6.07) is 4.89. The highest BCUT2D eigenvalue weighted by atomic mass is 35.5. The number of aromatic carboxylic acids is 1. The van der Waals surface area contributed by atoms with Gasteiger partial charge in [-0.05, 0) is 31.0 Å². The van der Waals surface area contributed by atoms with Gasteiger partial charge in [-0.1, -0.05) is 24.6 Å². The predicted octanol–water partition coefficient (Wildman–Crippen LogP) is 3.62. The highest BCUT2D eigenvalue weighted by molar-refractivity contribution is 6.31. The molecular formula is C14H15ClN2O2. The van der Waals surface area contributed by atoms with E-state index in [2.05, 4.69) is 12.0 Å². The van der Waals surface area contributed by atoms with Gasteiger partial charge in [0.25, 0.3) is 0 Å². The van der Waals surface area contributed by atoms with E-state index in [0.29, 0.717) is 10.6 Å². The zero-order valence-corrected chi connectivity index (χ0v) is 11.6. The lowest BCUT2D eigenvalue weighted by Crippen LogP contribution is -2.02. The number of hydrogen-bond acceptors (Lipinski definition) is 2. The van der Waals surface area contributed by atoms with Gasteiger partial charge in [-0.15, -0.1) is 0 Å². The third kappa shape index (κ3) is 2.63. The smallest absolute Gasteiger partial charge is 0.336 e. The maximum atomic E-state index is 11.3. The average Bonchev–Trinajstić information content (AvgIpc) is 2.72. The first kappa shape index (κ1) is 13.6. The molecule has 5 heteroatoms. The Labute approximate surface area is 116 Å². The van der Waals surface area contributed by atoms with Crippen LogP contribution in [-0.4, -0.2) is 20.9 Å². The van der Waals surface area contributed by atoms with Crippen molar-refractivity contribution in [1.82, 2.24) is 9.78 Å². The van der Waals surface area contributed by atoms with Crippen LogP contribution in [0, 0.1) is 6.92 Å². The van der Waals surface area contributed by atoms with E-state index in [1.165, 1.54) is 6.07 Å². The first-order valence-electron chi connectivity index (χ1n) is 6.10. The molecule has 0 unspecified atom stereocenters. The molecule has 0 radical (unpaired) electrons. The fraction of sp³-hybridized carbons (Fsp3) is 0.286. The highest BCUT2D eigenvalue weighted by Crippen LogP contribution is 2.29. The molecule has 1 N–H and O–H groups in total.